The van der Waals surface area contributed by atoms with Crippen LogP contribution < -0.4 is 15.5 Å². The van der Waals surface area contributed by atoms with Crippen molar-refractivity contribution in [1.82, 2.24) is 9.55 Å². The number of anilines is 1. The number of halogens is 5. The molecule has 2 aromatic carbocycles. The highest BCUT2D eigenvalue weighted by Crippen LogP contribution is 2.31. The van der Waals surface area contributed by atoms with Gasteiger partial charge in [-0.15, -0.1) is 0 Å². The zero-order chi connectivity index (χ0) is 24.6. The normalized spacial score (nSPS) is 11.1. The second-order valence-electron chi connectivity index (χ2n) is 7.40. The molecule has 0 atom stereocenters. The van der Waals surface area contributed by atoms with Gasteiger partial charge in [0.05, 0.1) is 18.0 Å². The van der Waals surface area contributed by atoms with E-state index in [9.17, 15) is 22.4 Å². The third-order valence-electron chi connectivity index (χ3n) is 5.31. The molecule has 34 heavy (non-hydrogen) atoms. The SMILES string of the molecule is CCc1cc(=O)c2cc(F)c(F)c(Cl)c2n1-c1nc(NCc2ccc(OC)cc2)c(F)cc1F. The number of nitrogens with one attached hydrogen (secondary N) is 1. The van der Waals surface area contributed by atoms with Crippen molar-refractivity contribution < 1.29 is 22.3 Å². The molecule has 5 nitrogen and oxygen atoms in total. The van der Waals surface area contributed by atoms with Crippen LogP contribution in [0.5, 0.6) is 5.75 Å². The van der Waals surface area contributed by atoms with Crippen molar-refractivity contribution in [3.8, 4) is 11.6 Å². The van der Waals surface area contributed by atoms with E-state index in [0.717, 1.165) is 16.2 Å². The molecular formula is C24H18ClF4N3O2. The number of methoxy groups -OCH3 is 1. The van der Waals surface area contributed by atoms with E-state index in [1.54, 1.807) is 31.2 Å². The molecule has 0 spiro atoms. The van der Waals surface area contributed by atoms with E-state index < -0.39 is 39.5 Å². The van der Waals surface area contributed by atoms with Crippen molar-refractivity contribution in [2.75, 3.05) is 12.4 Å². The van der Waals surface area contributed by atoms with Crippen molar-refractivity contribution >= 4 is 28.3 Å². The zero-order valence-corrected chi connectivity index (χ0v) is 18.8. The van der Waals surface area contributed by atoms with Crippen LogP contribution in [0.2, 0.25) is 5.02 Å². The number of rotatable bonds is 6. The van der Waals surface area contributed by atoms with Crippen LogP contribution in [0.3, 0.4) is 0 Å². The van der Waals surface area contributed by atoms with Crippen LogP contribution in [0, 0.1) is 23.3 Å². The van der Waals surface area contributed by atoms with Crippen LogP contribution in [0.25, 0.3) is 16.7 Å². The third-order valence-corrected chi connectivity index (χ3v) is 5.66. The molecule has 0 aliphatic rings. The minimum Gasteiger partial charge on any atom is -0.497 e. The summed E-state index contributed by atoms with van der Waals surface area (Å²) in [4.78, 5) is 16.6. The predicted octanol–water partition coefficient (Wildman–Crippen LogP) is 5.78. The van der Waals surface area contributed by atoms with Gasteiger partial charge in [-0.1, -0.05) is 30.7 Å². The molecule has 0 saturated carbocycles. The molecule has 2 aromatic heterocycles. The molecule has 0 radical (unpaired) electrons. The highest BCUT2D eigenvalue weighted by molar-refractivity contribution is 6.35. The lowest BCUT2D eigenvalue weighted by Crippen LogP contribution is -2.17. The van der Waals surface area contributed by atoms with Gasteiger partial charge in [0.25, 0.3) is 0 Å². The molecule has 0 aliphatic heterocycles. The summed E-state index contributed by atoms with van der Waals surface area (Å²) < 4.78 is 64.0. The van der Waals surface area contributed by atoms with Crippen LogP contribution in [-0.4, -0.2) is 16.7 Å². The molecule has 4 rings (SSSR count). The number of benzene rings is 2. The maximum absolute atomic E-state index is 15.0. The topological polar surface area (TPSA) is 56.2 Å². The second kappa shape index (κ2) is 9.34. The van der Waals surface area contributed by atoms with Crippen LogP contribution in [-0.2, 0) is 13.0 Å². The first-order chi connectivity index (χ1) is 16.2. The van der Waals surface area contributed by atoms with Crippen molar-refractivity contribution in [2.45, 2.75) is 19.9 Å². The van der Waals surface area contributed by atoms with Gasteiger partial charge in [-0.2, -0.15) is 0 Å². The molecule has 10 heteroatoms. The number of hydrogen-bond donors (Lipinski definition) is 1. The molecule has 176 valence electrons. The fourth-order valence-electron chi connectivity index (χ4n) is 3.60. The van der Waals surface area contributed by atoms with Crippen molar-refractivity contribution in [2.24, 2.45) is 0 Å². The maximum atomic E-state index is 15.0. The number of pyridine rings is 2. The second-order valence-corrected chi connectivity index (χ2v) is 7.78. The number of ether oxygens (including phenoxy) is 1. The van der Waals surface area contributed by atoms with E-state index in [-0.39, 0.29) is 35.4 Å². The van der Waals surface area contributed by atoms with Gasteiger partial charge in [-0.05, 0) is 30.2 Å². The summed E-state index contributed by atoms with van der Waals surface area (Å²) in [5.41, 5.74) is 0.120. The molecule has 2 heterocycles. The highest BCUT2D eigenvalue weighted by atomic mass is 35.5. The molecule has 0 unspecified atom stereocenters. The monoisotopic (exact) mass is 491 g/mol. The molecule has 0 amide bonds. The third kappa shape index (κ3) is 4.19. The van der Waals surface area contributed by atoms with E-state index in [4.69, 9.17) is 16.3 Å². The smallest absolute Gasteiger partial charge is 0.189 e. The number of hydrogen-bond acceptors (Lipinski definition) is 4. The molecule has 0 saturated heterocycles. The molecular weight excluding hydrogens is 474 g/mol. The van der Waals surface area contributed by atoms with Gasteiger partial charge in [0, 0.05) is 24.4 Å². The van der Waals surface area contributed by atoms with Crippen molar-refractivity contribution in [3.05, 3.63) is 92.2 Å². The van der Waals surface area contributed by atoms with Gasteiger partial charge in [0.1, 0.15) is 10.8 Å². The number of aryl methyl sites for hydroxylation is 1. The minimum absolute atomic E-state index is 0.158. The van der Waals surface area contributed by atoms with E-state index in [1.165, 1.54) is 7.11 Å². The summed E-state index contributed by atoms with van der Waals surface area (Å²) in [6.07, 6.45) is 0.202. The summed E-state index contributed by atoms with van der Waals surface area (Å²) in [5.74, 6) is -4.80. The number of aromatic nitrogens is 2. The van der Waals surface area contributed by atoms with Crippen LogP contribution in [0.4, 0.5) is 23.4 Å². The first kappa shape index (κ1) is 23.6. The van der Waals surface area contributed by atoms with Gasteiger partial charge in [0.2, 0.25) is 0 Å². The average Bonchev–Trinajstić information content (AvgIpc) is 2.83. The quantitative estimate of drug-likeness (QED) is 0.274. The molecule has 0 bridgehead atoms. The Hall–Kier alpha value is -3.59. The Labute approximate surface area is 196 Å². The van der Waals surface area contributed by atoms with Gasteiger partial charge < -0.3 is 10.1 Å². The van der Waals surface area contributed by atoms with Crippen LogP contribution in [0.1, 0.15) is 18.2 Å². The van der Waals surface area contributed by atoms with Gasteiger partial charge in [0.15, 0.2) is 40.3 Å². The summed E-state index contributed by atoms with van der Waals surface area (Å²) in [6.45, 7) is 1.83. The summed E-state index contributed by atoms with van der Waals surface area (Å²) in [5, 5.41) is 1.83. The Morgan fingerprint density at radius 2 is 1.74 bits per heavy atom. The van der Waals surface area contributed by atoms with Crippen LogP contribution in [0.15, 0.2) is 47.3 Å². The summed E-state index contributed by atoms with van der Waals surface area (Å²) in [6, 6.07) is 9.45. The van der Waals surface area contributed by atoms with E-state index in [1.807, 2.05) is 0 Å². The zero-order valence-electron chi connectivity index (χ0n) is 18.1. The van der Waals surface area contributed by atoms with E-state index >= 15 is 0 Å². The Kier molecular flexibility index (Phi) is 6.47. The lowest BCUT2D eigenvalue weighted by molar-refractivity contribution is 0.414. The number of nitrogens with zero attached hydrogens (tertiary/aromatic N) is 2. The average molecular weight is 492 g/mol. The largest absolute Gasteiger partial charge is 0.497 e. The predicted molar refractivity (Wildman–Crippen MR) is 122 cm³/mol. The maximum Gasteiger partial charge on any atom is 0.189 e. The van der Waals surface area contributed by atoms with Crippen molar-refractivity contribution in [1.29, 1.82) is 0 Å². The fourth-order valence-corrected chi connectivity index (χ4v) is 3.87. The van der Waals surface area contributed by atoms with E-state index in [2.05, 4.69) is 10.3 Å². The summed E-state index contributed by atoms with van der Waals surface area (Å²) >= 11 is 6.05. The molecule has 4 aromatic rings. The van der Waals surface area contributed by atoms with Gasteiger partial charge >= 0.3 is 0 Å². The minimum atomic E-state index is -1.39. The standard InChI is InChI=1S/C24H18ClF4N3O2/c1-3-13-8-19(33)15-9-16(26)21(29)20(25)22(15)32(13)24-18(28)10-17(27)23(31-24)30-11-12-4-6-14(34-2)7-5-12/h4-10H,3,11H2,1-2H3,(H,30,31). The Balaban J connectivity index is 1.87. The first-order valence-electron chi connectivity index (χ1n) is 10.2. The molecule has 0 fully saturated rings. The lowest BCUT2D eigenvalue weighted by Gasteiger charge is -2.18. The first-order valence-corrected chi connectivity index (χ1v) is 10.6. The number of fused-ring (bicyclic) bond motifs is 1. The lowest BCUT2D eigenvalue weighted by atomic mass is 10.1. The molecule has 0 aliphatic carbocycles. The Morgan fingerprint density at radius 3 is 2.38 bits per heavy atom. The fraction of sp³-hybridized carbons (Fsp3) is 0.167. The van der Waals surface area contributed by atoms with Gasteiger partial charge in [-0.25, -0.2) is 22.5 Å². The Bertz CT molecular complexity index is 1460. The molecule has 1 N–H and O–H groups in total. The van der Waals surface area contributed by atoms with E-state index in [0.29, 0.717) is 17.9 Å². The van der Waals surface area contributed by atoms with Crippen molar-refractivity contribution in [3.63, 3.8) is 0 Å². The highest BCUT2D eigenvalue weighted by Gasteiger charge is 2.23. The summed E-state index contributed by atoms with van der Waals surface area (Å²) in [7, 11) is 1.53. The Morgan fingerprint density at radius 1 is 1.03 bits per heavy atom. The van der Waals surface area contributed by atoms with Crippen LogP contribution >= 0.6 is 11.6 Å². The van der Waals surface area contributed by atoms with Gasteiger partial charge in [-0.3, -0.25) is 9.36 Å².